The number of thioether (sulfide) groups is 1. The summed E-state index contributed by atoms with van der Waals surface area (Å²) in [6.07, 6.45) is 0.603. The van der Waals surface area contributed by atoms with Crippen molar-refractivity contribution in [1.29, 1.82) is 0 Å². The van der Waals surface area contributed by atoms with E-state index in [0.29, 0.717) is 17.3 Å². The summed E-state index contributed by atoms with van der Waals surface area (Å²) in [7, 11) is 0. The predicted molar refractivity (Wildman–Crippen MR) is 92.0 cm³/mol. The molecule has 0 atom stereocenters. The minimum atomic E-state index is -0.297. The van der Waals surface area contributed by atoms with E-state index in [1.165, 1.54) is 30.8 Å². The van der Waals surface area contributed by atoms with E-state index >= 15 is 0 Å². The lowest BCUT2D eigenvalue weighted by Gasteiger charge is -2.10. The van der Waals surface area contributed by atoms with Gasteiger partial charge in [0.1, 0.15) is 17.4 Å². The van der Waals surface area contributed by atoms with Gasteiger partial charge in [0.25, 0.3) is 0 Å². The van der Waals surface area contributed by atoms with E-state index < -0.39 is 0 Å². The Morgan fingerprint density at radius 1 is 1.08 bits per heavy atom. The third-order valence-corrected chi connectivity index (χ3v) is 4.47. The highest BCUT2D eigenvalue weighted by atomic mass is 32.2. The van der Waals surface area contributed by atoms with E-state index in [1.54, 1.807) is 12.1 Å². The van der Waals surface area contributed by atoms with Crippen LogP contribution in [0.3, 0.4) is 0 Å². The normalized spacial score (nSPS) is 10.8. The van der Waals surface area contributed by atoms with Crippen molar-refractivity contribution in [2.24, 2.45) is 0 Å². The van der Waals surface area contributed by atoms with Gasteiger partial charge in [-0.25, -0.2) is 4.39 Å². The zero-order chi connectivity index (χ0) is 16.9. The molecule has 0 bridgehead atoms. The largest absolute Gasteiger partial charge is 0.299 e. The van der Waals surface area contributed by atoms with Crippen molar-refractivity contribution < 1.29 is 9.18 Å². The number of hydrogen-bond acceptors (Lipinski definition) is 4. The van der Waals surface area contributed by atoms with Crippen molar-refractivity contribution in [3.63, 3.8) is 0 Å². The fraction of sp³-hybridized carbons (Fsp3) is 0.167. The Labute approximate surface area is 143 Å². The van der Waals surface area contributed by atoms with Gasteiger partial charge < -0.3 is 0 Å². The summed E-state index contributed by atoms with van der Waals surface area (Å²) in [5, 5.41) is 9.12. The Bertz CT molecular complexity index is 831. The van der Waals surface area contributed by atoms with Gasteiger partial charge in [-0.3, -0.25) is 9.36 Å². The predicted octanol–water partition coefficient (Wildman–Crippen LogP) is 3.68. The van der Waals surface area contributed by atoms with Crippen molar-refractivity contribution >= 4 is 17.5 Å². The SMILES string of the molecule is CC(=O)CSc1nnc(Cc2ccccc2)n1-c1ccc(F)cc1. The second-order valence-corrected chi connectivity index (χ2v) is 6.31. The van der Waals surface area contributed by atoms with E-state index in [2.05, 4.69) is 10.2 Å². The first-order chi connectivity index (χ1) is 11.6. The first-order valence-corrected chi connectivity index (χ1v) is 8.48. The average Bonchev–Trinajstić information content (AvgIpc) is 2.97. The molecule has 0 aliphatic rings. The Morgan fingerprint density at radius 2 is 1.79 bits per heavy atom. The number of ketones is 1. The monoisotopic (exact) mass is 341 g/mol. The topological polar surface area (TPSA) is 47.8 Å². The fourth-order valence-corrected chi connectivity index (χ4v) is 3.07. The zero-order valence-corrected chi connectivity index (χ0v) is 14.0. The van der Waals surface area contributed by atoms with Crippen LogP contribution in [0.2, 0.25) is 0 Å². The third kappa shape index (κ3) is 3.89. The molecule has 0 aliphatic carbocycles. The molecule has 1 aromatic heterocycles. The van der Waals surface area contributed by atoms with Crippen LogP contribution in [0, 0.1) is 5.82 Å². The Morgan fingerprint density at radius 3 is 2.46 bits per heavy atom. The highest BCUT2D eigenvalue weighted by Gasteiger charge is 2.15. The first kappa shape index (κ1) is 16.4. The van der Waals surface area contributed by atoms with Crippen molar-refractivity contribution in [3.8, 4) is 5.69 Å². The second kappa shape index (κ2) is 7.40. The molecule has 3 rings (SSSR count). The Hall–Kier alpha value is -2.47. The number of rotatable bonds is 6. The summed E-state index contributed by atoms with van der Waals surface area (Å²) in [5.41, 5.74) is 1.88. The molecule has 0 amide bonds. The molecule has 4 nitrogen and oxygen atoms in total. The van der Waals surface area contributed by atoms with E-state index in [0.717, 1.165) is 17.1 Å². The number of nitrogens with zero attached hydrogens (tertiary/aromatic N) is 3. The highest BCUT2D eigenvalue weighted by molar-refractivity contribution is 7.99. The number of carbonyl (C=O) groups excluding carboxylic acids is 1. The smallest absolute Gasteiger partial charge is 0.196 e. The van der Waals surface area contributed by atoms with Crippen molar-refractivity contribution in [1.82, 2.24) is 14.8 Å². The average molecular weight is 341 g/mol. The molecule has 2 aromatic carbocycles. The van der Waals surface area contributed by atoms with Crippen LogP contribution in [0.4, 0.5) is 4.39 Å². The van der Waals surface area contributed by atoms with Crippen LogP contribution in [0.25, 0.3) is 5.69 Å². The highest BCUT2D eigenvalue weighted by Crippen LogP contribution is 2.23. The van der Waals surface area contributed by atoms with Crippen LogP contribution in [0.5, 0.6) is 0 Å². The fourth-order valence-electron chi connectivity index (χ4n) is 2.30. The molecule has 6 heteroatoms. The number of Topliss-reactive ketones (excluding diaryl/α,β-unsaturated/α-hetero) is 1. The molecule has 24 heavy (non-hydrogen) atoms. The molecule has 0 N–H and O–H groups in total. The summed E-state index contributed by atoms with van der Waals surface area (Å²) in [6.45, 7) is 1.54. The molecule has 0 unspecified atom stereocenters. The summed E-state index contributed by atoms with van der Waals surface area (Å²) >= 11 is 1.33. The maximum atomic E-state index is 13.2. The van der Waals surface area contributed by atoms with Crippen LogP contribution in [0.15, 0.2) is 59.8 Å². The van der Waals surface area contributed by atoms with Gasteiger partial charge in [-0.1, -0.05) is 42.1 Å². The number of carbonyl (C=O) groups is 1. The number of aromatic nitrogens is 3. The van der Waals surface area contributed by atoms with Gasteiger partial charge in [-0.15, -0.1) is 10.2 Å². The van der Waals surface area contributed by atoms with Gasteiger partial charge in [0.15, 0.2) is 5.16 Å². The maximum absolute atomic E-state index is 13.2. The summed E-state index contributed by atoms with van der Waals surface area (Å²) < 4.78 is 15.1. The number of halogens is 1. The molecule has 122 valence electrons. The van der Waals surface area contributed by atoms with Crippen LogP contribution >= 0.6 is 11.8 Å². The zero-order valence-electron chi connectivity index (χ0n) is 13.1. The minimum absolute atomic E-state index is 0.0678. The molecule has 0 fully saturated rings. The van der Waals surface area contributed by atoms with Gasteiger partial charge in [-0.2, -0.15) is 0 Å². The molecule has 0 spiro atoms. The van der Waals surface area contributed by atoms with E-state index in [9.17, 15) is 9.18 Å². The lowest BCUT2D eigenvalue weighted by atomic mass is 10.1. The first-order valence-electron chi connectivity index (χ1n) is 7.50. The van der Waals surface area contributed by atoms with Crippen LogP contribution in [-0.2, 0) is 11.2 Å². The Balaban J connectivity index is 1.98. The quantitative estimate of drug-likeness (QED) is 0.642. The standard InChI is InChI=1S/C18H16FN3OS/c1-13(23)12-24-18-21-20-17(11-14-5-3-2-4-6-14)22(18)16-9-7-15(19)8-10-16/h2-10H,11-12H2,1H3. The van der Waals surface area contributed by atoms with Crippen LogP contribution in [0.1, 0.15) is 18.3 Å². The second-order valence-electron chi connectivity index (χ2n) is 5.36. The molecule has 1 heterocycles. The molecule has 0 aliphatic heterocycles. The molecule has 0 saturated carbocycles. The third-order valence-electron chi connectivity index (χ3n) is 3.39. The van der Waals surface area contributed by atoms with Crippen LogP contribution < -0.4 is 0 Å². The van der Waals surface area contributed by atoms with E-state index in [1.807, 2.05) is 34.9 Å². The number of benzene rings is 2. The minimum Gasteiger partial charge on any atom is -0.299 e. The molecule has 3 aromatic rings. The van der Waals surface area contributed by atoms with Crippen molar-refractivity contribution in [3.05, 3.63) is 71.8 Å². The molecule has 0 radical (unpaired) electrons. The van der Waals surface area contributed by atoms with Gasteiger partial charge >= 0.3 is 0 Å². The number of hydrogen-bond donors (Lipinski definition) is 0. The van der Waals surface area contributed by atoms with Gasteiger partial charge in [0.2, 0.25) is 0 Å². The van der Waals surface area contributed by atoms with Crippen LogP contribution in [-0.4, -0.2) is 26.3 Å². The van der Waals surface area contributed by atoms with Gasteiger partial charge in [-0.05, 0) is 36.8 Å². The van der Waals surface area contributed by atoms with E-state index in [-0.39, 0.29) is 11.6 Å². The maximum Gasteiger partial charge on any atom is 0.196 e. The summed E-state index contributed by atoms with van der Waals surface area (Å²) in [5.74, 6) is 0.844. The van der Waals surface area contributed by atoms with Gasteiger partial charge in [0, 0.05) is 12.1 Å². The molecule has 0 saturated heterocycles. The summed E-state index contributed by atoms with van der Waals surface area (Å²) in [6, 6.07) is 16.1. The summed E-state index contributed by atoms with van der Waals surface area (Å²) in [4.78, 5) is 11.3. The molecular formula is C18H16FN3OS. The van der Waals surface area contributed by atoms with E-state index in [4.69, 9.17) is 0 Å². The van der Waals surface area contributed by atoms with Crippen molar-refractivity contribution in [2.75, 3.05) is 5.75 Å². The molecular weight excluding hydrogens is 325 g/mol. The lowest BCUT2D eigenvalue weighted by molar-refractivity contribution is -0.114. The van der Waals surface area contributed by atoms with Crippen molar-refractivity contribution in [2.45, 2.75) is 18.5 Å². The Kier molecular flexibility index (Phi) is 5.05. The lowest BCUT2D eigenvalue weighted by Crippen LogP contribution is -2.05. The van der Waals surface area contributed by atoms with Gasteiger partial charge in [0.05, 0.1) is 5.75 Å².